The molecular weight excluding hydrogens is 426 g/mol. The number of anilines is 1. The van der Waals surface area contributed by atoms with E-state index in [0.29, 0.717) is 17.7 Å². The van der Waals surface area contributed by atoms with Crippen molar-refractivity contribution in [2.75, 3.05) is 11.1 Å². The quantitative estimate of drug-likeness (QED) is 0.646. The van der Waals surface area contributed by atoms with Crippen molar-refractivity contribution < 1.29 is 30.8 Å². The van der Waals surface area contributed by atoms with Crippen molar-refractivity contribution in [1.82, 2.24) is 5.32 Å². The van der Waals surface area contributed by atoms with Crippen LogP contribution in [0.15, 0.2) is 47.4 Å². The standard InChI is InChI=1S/C19H17F4N3O3S/c1-2-30(28,29)16-5-3-12(4-6-16)17(7-8-24)26-18(27)25-15-10-13(19(21,22)23)9-14(20)11-15/h3-6,9-11,17H,2,7H2,1H3,(H2,25,26,27)/t17-/m0/s1. The maximum absolute atomic E-state index is 13.5. The van der Waals surface area contributed by atoms with Gasteiger partial charge in [0.2, 0.25) is 0 Å². The second-order valence-electron chi connectivity index (χ2n) is 6.21. The Hall–Kier alpha value is -3.13. The van der Waals surface area contributed by atoms with Crippen molar-refractivity contribution in [1.29, 1.82) is 5.26 Å². The normalized spacial score (nSPS) is 12.7. The van der Waals surface area contributed by atoms with Crippen molar-refractivity contribution in [2.24, 2.45) is 0 Å². The van der Waals surface area contributed by atoms with E-state index in [1.165, 1.54) is 31.2 Å². The Morgan fingerprint density at radius 2 is 1.80 bits per heavy atom. The summed E-state index contributed by atoms with van der Waals surface area (Å²) < 4.78 is 75.6. The number of rotatable bonds is 6. The van der Waals surface area contributed by atoms with Gasteiger partial charge in [-0.3, -0.25) is 0 Å². The average molecular weight is 443 g/mol. The van der Waals surface area contributed by atoms with Gasteiger partial charge in [-0.15, -0.1) is 0 Å². The second-order valence-corrected chi connectivity index (χ2v) is 8.49. The minimum Gasteiger partial charge on any atom is -0.330 e. The molecule has 0 saturated heterocycles. The van der Waals surface area contributed by atoms with Crippen molar-refractivity contribution in [2.45, 2.75) is 30.5 Å². The first-order valence-electron chi connectivity index (χ1n) is 8.61. The molecule has 0 saturated carbocycles. The van der Waals surface area contributed by atoms with Gasteiger partial charge in [0.25, 0.3) is 0 Å². The van der Waals surface area contributed by atoms with Crippen LogP contribution >= 0.6 is 0 Å². The molecule has 2 amide bonds. The van der Waals surface area contributed by atoms with Gasteiger partial charge in [0.1, 0.15) is 5.82 Å². The third-order valence-electron chi connectivity index (χ3n) is 4.11. The maximum Gasteiger partial charge on any atom is 0.416 e. The van der Waals surface area contributed by atoms with E-state index in [-0.39, 0.29) is 17.1 Å². The summed E-state index contributed by atoms with van der Waals surface area (Å²) in [4.78, 5) is 12.3. The van der Waals surface area contributed by atoms with E-state index in [0.717, 1.165) is 6.07 Å². The van der Waals surface area contributed by atoms with Gasteiger partial charge in [-0.25, -0.2) is 17.6 Å². The van der Waals surface area contributed by atoms with Gasteiger partial charge in [0, 0.05) is 5.69 Å². The van der Waals surface area contributed by atoms with E-state index in [9.17, 15) is 30.8 Å². The highest BCUT2D eigenvalue weighted by Gasteiger charge is 2.31. The molecule has 30 heavy (non-hydrogen) atoms. The van der Waals surface area contributed by atoms with E-state index in [1.807, 2.05) is 6.07 Å². The fourth-order valence-electron chi connectivity index (χ4n) is 2.57. The minimum atomic E-state index is -4.79. The van der Waals surface area contributed by atoms with Crippen LogP contribution in [0.4, 0.5) is 28.0 Å². The molecular formula is C19H17F4N3O3S. The van der Waals surface area contributed by atoms with Crippen LogP contribution in [0.5, 0.6) is 0 Å². The van der Waals surface area contributed by atoms with Crippen LogP contribution in [0.2, 0.25) is 0 Å². The largest absolute Gasteiger partial charge is 0.416 e. The highest BCUT2D eigenvalue weighted by atomic mass is 32.2. The highest BCUT2D eigenvalue weighted by Crippen LogP contribution is 2.31. The molecule has 0 spiro atoms. The molecule has 0 fully saturated rings. The van der Waals surface area contributed by atoms with Gasteiger partial charge in [0.15, 0.2) is 9.84 Å². The van der Waals surface area contributed by atoms with E-state index < -0.39 is 45.2 Å². The summed E-state index contributed by atoms with van der Waals surface area (Å²) in [5.74, 6) is -1.27. The van der Waals surface area contributed by atoms with E-state index in [2.05, 4.69) is 10.6 Å². The lowest BCUT2D eigenvalue weighted by atomic mass is 10.0. The molecule has 0 bridgehead atoms. The number of nitriles is 1. The summed E-state index contributed by atoms with van der Waals surface area (Å²) in [7, 11) is -3.43. The summed E-state index contributed by atoms with van der Waals surface area (Å²) in [5.41, 5.74) is -1.27. The number of nitrogens with one attached hydrogen (secondary N) is 2. The van der Waals surface area contributed by atoms with Crippen molar-refractivity contribution in [3.05, 3.63) is 59.4 Å². The summed E-state index contributed by atoms with van der Waals surface area (Å²) in [6.07, 6.45) is -4.98. The van der Waals surface area contributed by atoms with E-state index >= 15 is 0 Å². The Kier molecular flexibility index (Phi) is 7.04. The molecule has 2 aromatic rings. The van der Waals surface area contributed by atoms with Gasteiger partial charge >= 0.3 is 12.2 Å². The van der Waals surface area contributed by atoms with Crippen LogP contribution in [0, 0.1) is 17.1 Å². The van der Waals surface area contributed by atoms with Gasteiger partial charge < -0.3 is 10.6 Å². The predicted octanol–water partition coefficient (Wildman–Crippen LogP) is 4.41. The van der Waals surface area contributed by atoms with Gasteiger partial charge in [-0.1, -0.05) is 19.1 Å². The van der Waals surface area contributed by atoms with Gasteiger partial charge in [0.05, 0.1) is 34.7 Å². The first-order valence-corrected chi connectivity index (χ1v) is 10.3. The molecule has 160 valence electrons. The van der Waals surface area contributed by atoms with Crippen LogP contribution in [0.25, 0.3) is 0 Å². The Bertz CT molecular complexity index is 1060. The number of carbonyl (C=O) groups excluding carboxylic acids is 1. The number of amides is 2. The third-order valence-corrected chi connectivity index (χ3v) is 5.86. The Morgan fingerprint density at radius 3 is 2.33 bits per heavy atom. The van der Waals surface area contributed by atoms with Gasteiger partial charge in [-0.2, -0.15) is 18.4 Å². The summed E-state index contributed by atoms with van der Waals surface area (Å²) >= 11 is 0. The minimum absolute atomic E-state index is 0.0772. The summed E-state index contributed by atoms with van der Waals surface area (Å²) in [5, 5.41) is 13.5. The SMILES string of the molecule is CCS(=O)(=O)c1ccc([C@H](CC#N)NC(=O)Nc2cc(F)cc(C(F)(F)F)c2)cc1. The van der Waals surface area contributed by atoms with Crippen LogP contribution in [-0.4, -0.2) is 20.2 Å². The molecule has 0 aliphatic heterocycles. The molecule has 2 rings (SSSR count). The molecule has 11 heteroatoms. The molecule has 0 radical (unpaired) electrons. The Morgan fingerprint density at radius 1 is 1.17 bits per heavy atom. The second kappa shape index (κ2) is 9.13. The maximum atomic E-state index is 13.5. The number of carbonyl (C=O) groups is 1. The predicted molar refractivity (Wildman–Crippen MR) is 101 cm³/mol. The highest BCUT2D eigenvalue weighted by molar-refractivity contribution is 7.91. The van der Waals surface area contributed by atoms with Gasteiger partial charge in [-0.05, 0) is 35.9 Å². The monoisotopic (exact) mass is 443 g/mol. The fourth-order valence-corrected chi connectivity index (χ4v) is 3.45. The molecule has 0 unspecified atom stereocenters. The molecule has 2 aromatic carbocycles. The first-order chi connectivity index (χ1) is 14.0. The zero-order chi connectivity index (χ0) is 22.5. The number of hydrogen-bond donors (Lipinski definition) is 2. The fraction of sp³-hybridized carbons (Fsp3) is 0.263. The van der Waals surface area contributed by atoms with E-state index in [1.54, 1.807) is 0 Å². The number of alkyl halides is 3. The summed E-state index contributed by atoms with van der Waals surface area (Å²) in [6.45, 7) is 1.49. The average Bonchev–Trinajstić information content (AvgIpc) is 2.66. The number of sulfone groups is 1. The zero-order valence-corrected chi connectivity index (χ0v) is 16.4. The Balaban J connectivity index is 2.19. The van der Waals surface area contributed by atoms with Crippen molar-refractivity contribution in [3.8, 4) is 6.07 Å². The van der Waals surface area contributed by atoms with Crippen LogP contribution < -0.4 is 10.6 Å². The summed E-state index contributed by atoms with van der Waals surface area (Å²) in [6, 6.07) is 7.14. The lowest BCUT2D eigenvalue weighted by molar-refractivity contribution is -0.137. The lowest BCUT2D eigenvalue weighted by Gasteiger charge is -2.18. The molecule has 2 N–H and O–H groups in total. The first kappa shape index (κ1) is 23.2. The number of nitrogens with zero attached hydrogens (tertiary/aromatic N) is 1. The molecule has 0 aliphatic carbocycles. The molecule has 0 aliphatic rings. The molecule has 0 heterocycles. The van der Waals surface area contributed by atoms with Crippen molar-refractivity contribution in [3.63, 3.8) is 0 Å². The lowest BCUT2D eigenvalue weighted by Crippen LogP contribution is -2.32. The number of urea groups is 1. The third kappa shape index (κ3) is 5.93. The number of hydrogen-bond acceptors (Lipinski definition) is 4. The van der Waals surface area contributed by atoms with E-state index in [4.69, 9.17) is 5.26 Å². The Labute approximate surface area is 170 Å². The van der Waals surface area contributed by atoms with Crippen LogP contribution in [-0.2, 0) is 16.0 Å². The number of halogens is 4. The zero-order valence-electron chi connectivity index (χ0n) is 15.6. The van der Waals surface area contributed by atoms with Crippen LogP contribution in [0.1, 0.15) is 30.5 Å². The van der Waals surface area contributed by atoms with Crippen molar-refractivity contribution >= 4 is 21.6 Å². The topological polar surface area (TPSA) is 99.1 Å². The van der Waals surface area contributed by atoms with Crippen LogP contribution in [0.3, 0.4) is 0 Å². The number of benzene rings is 2. The molecule has 1 atom stereocenters. The molecule has 0 aromatic heterocycles. The smallest absolute Gasteiger partial charge is 0.330 e. The molecule has 6 nitrogen and oxygen atoms in total.